The number of aryl methyl sites for hydroxylation is 1. The molecule has 8 heteroatoms. The molecule has 0 aliphatic rings. The molecular formula is C26H30N2O5S. The van der Waals surface area contributed by atoms with Crippen molar-refractivity contribution < 1.29 is 22.7 Å². The molecule has 180 valence electrons. The highest BCUT2D eigenvalue weighted by Crippen LogP contribution is 2.33. The molecular weight excluding hydrogens is 452 g/mol. The number of rotatable bonds is 10. The summed E-state index contributed by atoms with van der Waals surface area (Å²) in [5.41, 5.74) is 2.17. The van der Waals surface area contributed by atoms with Crippen LogP contribution < -0.4 is 19.1 Å². The predicted octanol–water partition coefficient (Wildman–Crippen LogP) is 4.83. The monoisotopic (exact) mass is 482 g/mol. The number of sulfonamides is 1. The Kier molecular flexibility index (Phi) is 8.17. The Labute approximate surface area is 201 Å². The van der Waals surface area contributed by atoms with Gasteiger partial charge >= 0.3 is 0 Å². The van der Waals surface area contributed by atoms with Gasteiger partial charge in [0, 0.05) is 0 Å². The second-order valence-corrected chi connectivity index (χ2v) is 9.82. The van der Waals surface area contributed by atoms with Gasteiger partial charge in [-0.1, -0.05) is 49.4 Å². The van der Waals surface area contributed by atoms with Gasteiger partial charge in [0.2, 0.25) is 15.9 Å². The fourth-order valence-corrected chi connectivity index (χ4v) is 4.52. The van der Waals surface area contributed by atoms with Gasteiger partial charge in [-0.3, -0.25) is 9.10 Å². The number of methoxy groups -OCH3 is 1. The summed E-state index contributed by atoms with van der Waals surface area (Å²) in [6, 6.07) is 21.3. The Morgan fingerprint density at radius 1 is 1.00 bits per heavy atom. The van der Waals surface area contributed by atoms with Crippen LogP contribution in [0.25, 0.3) is 0 Å². The molecule has 0 spiro atoms. The molecule has 0 bridgehead atoms. The van der Waals surface area contributed by atoms with Gasteiger partial charge in [-0.15, -0.1) is 0 Å². The van der Waals surface area contributed by atoms with E-state index in [0.717, 1.165) is 27.4 Å². The lowest BCUT2D eigenvalue weighted by molar-refractivity contribution is -0.120. The molecule has 34 heavy (non-hydrogen) atoms. The highest BCUT2D eigenvalue weighted by Gasteiger charge is 2.25. The number of nitrogens with zero attached hydrogens (tertiary/aromatic N) is 1. The molecule has 0 aliphatic carbocycles. The van der Waals surface area contributed by atoms with Crippen molar-refractivity contribution in [2.24, 2.45) is 0 Å². The maximum atomic E-state index is 13.0. The van der Waals surface area contributed by atoms with Crippen LogP contribution in [0.5, 0.6) is 17.2 Å². The Morgan fingerprint density at radius 3 is 2.29 bits per heavy atom. The smallest absolute Gasteiger partial charge is 0.241 e. The standard InChI is InChI=1S/C26H30N2O5S/c1-5-22(20-15-16-24(32-3)19(2)17-20)27-26(29)18-28(34(4,30)31)23-13-9-10-14-25(23)33-21-11-7-6-8-12-21/h6-17,22H,5,18H2,1-4H3,(H,27,29)/t22-/m0/s1. The van der Waals surface area contributed by atoms with Crippen molar-refractivity contribution in [1.82, 2.24) is 5.32 Å². The lowest BCUT2D eigenvalue weighted by Gasteiger charge is -2.26. The number of hydrogen-bond acceptors (Lipinski definition) is 5. The van der Waals surface area contributed by atoms with Gasteiger partial charge in [-0.25, -0.2) is 8.42 Å². The van der Waals surface area contributed by atoms with Gasteiger partial charge in [-0.2, -0.15) is 0 Å². The minimum absolute atomic E-state index is 0.269. The van der Waals surface area contributed by atoms with Gasteiger partial charge in [0.15, 0.2) is 5.75 Å². The van der Waals surface area contributed by atoms with Gasteiger partial charge < -0.3 is 14.8 Å². The fourth-order valence-electron chi connectivity index (χ4n) is 3.66. The maximum absolute atomic E-state index is 13.0. The quantitative estimate of drug-likeness (QED) is 0.447. The van der Waals surface area contributed by atoms with E-state index in [1.54, 1.807) is 43.5 Å². The molecule has 0 heterocycles. The molecule has 0 unspecified atom stereocenters. The third-order valence-electron chi connectivity index (χ3n) is 5.36. The molecule has 0 saturated carbocycles. The number of carbonyl (C=O) groups is 1. The maximum Gasteiger partial charge on any atom is 0.241 e. The molecule has 7 nitrogen and oxygen atoms in total. The molecule has 0 fully saturated rings. The average molecular weight is 483 g/mol. The largest absolute Gasteiger partial charge is 0.496 e. The Bertz CT molecular complexity index is 1230. The van der Waals surface area contributed by atoms with E-state index in [-0.39, 0.29) is 18.3 Å². The van der Waals surface area contributed by atoms with Crippen LogP contribution in [0.3, 0.4) is 0 Å². The van der Waals surface area contributed by atoms with Crippen LogP contribution in [0, 0.1) is 6.92 Å². The van der Waals surface area contributed by atoms with Crippen LogP contribution >= 0.6 is 0 Å². The number of nitrogens with one attached hydrogen (secondary N) is 1. The molecule has 3 aromatic carbocycles. The first-order chi connectivity index (χ1) is 16.2. The number of para-hydroxylation sites is 3. The van der Waals surface area contributed by atoms with Crippen LogP contribution in [0.1, 0.15) is 30.5 Å². The van der Waals surface area contributed by atoms with Crippen LogP contribution in [-0.4, -0.2) is 34.2 Å². The number of benzene rings is 3. The first-order valence-corrected chi connectivity index (χ1v) is 12.8. The Morgan fingerprint density at radius 2 is 1.68 bits per heavy atom. The third kappa shape index (κ3) is 6.29. The highest BCUT2D eigenvalue weighted by atomic mass is 32.2. The van der Waals surface area contributed by atoms with Crippen molar-refractivity contribution in [3.63, 3.8) is 0 Å². The second-order valence-electron chi connectivity index (χ2n) is 7.91. The Hall–Kier alpha value is -3.52. The average Bonchev–Trinajstić information content (AvgIpc) is 2.81. The van der Waals surface area contributed by atoms with E-state index in [4.69, 9.17) is 9.47 Å². The summed E-state index contributed by atoms with van der Waals surface area (Å²) in [4.78, 5) is 13.0. The van der Waals surface area contributed by atoms with E-state index in [2.05, 4.69) is 5.32 Å². The lowest BCUT2D eigenvalue weighted by Crippen LogP contribution is -2.41. The van der Waals surface area contributed by atoms with E-state index in [9.17, 15) is 13.2 Å². The fraction of sp³-hybridized carbons (Fsp3) is 0.269. The van der Waals surface area contributed by atoms with Crippen molar-refractivity contribution in [3.05, 3.63) is 83.9 Å². The molecule has 1 N–H and O–H groups in total. The third-order valence-corrected chi connectivity index (χ3v) is 6.48. The molecule has 0 aromatic heterocycles. The summed E-state index contributed by atoms with van der Waals surface area (Å²) in [5, 5.41) is 2.96. The minimum Gasteiger partial charge on any atom is -0.496 e. The normalized spacial score (nSPS) is 12.0. The van der Waals surface area contributed by atoms with Crippen LogP contribution in [0.2, 0.25) is 0 Å². The van der Waals surface area contributed by atoms with Gasteiger partial charge in [0.25, 0.3) is 0 Å². The molecule has 0 radical (unpaired) electrons. The van der Waals surface area contributed by atoms with Gasteiger partial charge in [0.05, 0.1) is 25.1 Å². The van der Waals surface area contributed by atoms with Gasteiger partial charge in [-0.05, 0) is 54.8 Å². The molecule has 0 saturated heterocycles. The minimum atomic E-state index is -3.77. The number of anilines is 1. The summed E-state index contributed by atoms with van der Waals surface area (Å²) < 4.78 is 37.7. The predicted molar refractivity (Wildman–Crippen MR) is 134 cm³/mol. The van der Waals surface area contributed by atoms with Crippen molar-refractivity contribution >= 4 is 21.6 Å². The SMILES string of the molecule is CC[C@H](NC(=O)CN(c1ccccc1Oc1ccccc1)S(C)(=O)=O)c1ccc(OC)c(C)c1. The Balaban J connectivity index is 1.84. The van der Waals surface area contributed by atoms with E-state index in [1.165, 1.54) is 0 Å². The summed E-state index contributed by atoms with van der Waals surface area (Å²) in [7, 11) is -2.16. The number of amides is 1. The topological polar surface area (TPSA) is 84.9 Å². The summed E-state index contributed by atoms with van der Waals surface area (Å²) in [6.07, 6.45) is 1.72. The first kappa shape index (κ1) is 25.1. The summed E-state index contributed by atoms with van der Waals surface area (Å²) >= 11 is 0. The first-order valence-electron chi connectivity index (χ1n) is 11.0. The molecule has 3 rings (SSSR count). The van der Waals surface area contributed by atoms with E-state index in [0.29, 0.717) is 17.9 Å². The summed E-state index contributed by atoms with van der Waals surface area (Å²) in [6.45, 7) is 3.52. The van der Waals surface area contributed by atoms with E-state index in [1.807, 2.05) is 50.2 Å². The van der Waals surface area contributed by atoms with E-state index >= 15 is 0 Å². The van der Waals surface area contributed by atoms with Crippen molar-refractivity contribution in [2.45, 2.75) is 26.3 Å². The molecule has 3 aromatic rings. The van der Waals surface area contributed by atoms with Crippen molar-refractivity contribution in [1.29, 1.82) is 0 Å². The van der Waals surface area contributed by atoms with Crippen LogP contribution in [0.15, 0.2) is 72.8 Å². The highest BCUT2D eigenvalue weighted by molar-refractivity contribution is 7.92. The second kappa shape index (κ2) is 11.1. The summed E-state index contributed by atoms with van der Waals surface area (Å²) in [5.74, 6) is 1.25. The lowest BCUT2D eigenvalue weighted by atomic mass is 10.0. The van der Waals surface area contributed by atoms with Crippen molar-refractivity contribution in [2.75, 3.05) is 24.2 Å². The van der Waals surface area contributed by atoms with E-state index < -0.39 is 15.9 Å². The van der Waals surface area contributed by atoms with Crippen molar-refractivity contribution in [3.8, 4) is 17.2 Å². The zero-order valence-electron chi connectivity index (χ0n) is 19.8. The zero-order valence-corrected chi connectivity index (χ0v) is 20.6. The number of carbonyl (C=O) groups excluding carboxylic acids is 1. The molecule has 1 atom stereocenters. The zero-order chi connectivity index (χ0) is 24.7. The van der Waals surface area contributed by atoms with Crippen LogP contribution in [0.4, 0.5) is 5.69 Å². The molecule has 0 aliphatic heterocycles. The van der Waals surface area contributed by atoms with Gasteiger partial charge in [0.1, 0.15) is 18.0 Å². The van der Waals surface area contributed by atoms with Crippen LogP contribution in [-0.2, 0) is 14.8 Å². The number of ether oxygens (including phenoxy) is 2. The number of hydrogen-bond donors (Lipinski definition) is 1. The molecule has 1 amide bonds.